The van der Waals surface area contributed by atoms with Crippen LogP contribution in [0.15, 0.2) is 103 Å². The van der Waals surface area contributed by atoms with Crippen LogP contribution in [-0.2, 0) is 20.9 Å². The van der Waals surface area contributed by atoms with Crippen molar-refractivity contribution >= 4 is 23.6 Å². The predicted octanol–water partition coefficient (Wildman–Crippen LogP) is 4.30. The lowest BCUT2D eigenvalue weighted by Crippen LogP contribution is -2.57. The number of carbonyl (C=O) groups is 2. The summed E-state index contributed by atoms with van der Waals surface area (Å²) in [4.78, 5) is 27.9. The lowest BCUT2D eigenvalue weighted by Gasteiger charge is -2.38. The average Bonchev–Trinajstić information content (AvgIpc) is 3.11. The molecular weight excluding hydrogens is 444 g/mol. The van der Waals surface area contributed by atoms with Gasteiger partial charge in [-0.1, -0.05) is 72.8 Å². The van der Waals surface area contributed by atoms with E-state index in [-0.39, 0.29) is 17.3 Å². The number of thioether (sulfide) groups is 1. The Bertz CT molecular complexity index is 1150. The minimum absolute atomic E-state index is 0.00461. The molecule has 0 unspecified atom stereocenters. The number of esters is 1. The molecule has 5 nitrogen and oxygen atoms in total. The van der Waals surface area contributed by atoms with E-state index in [4.69, 9.17) is 4.74 Å². The smallest absolute Gasteiger partial charge is 0.331 e. The number of benzene rings is 2. The van der Waals surface area contributed by atoms with Gasteiger partial charge in [0.15, 0.2) is 25.0 Å². The Kier molecular flexibility index (Phi) is 6.24. The van der Waals surface area contributed by atoms with E-state index >= 15 is 0 Å². The summed E-state index contributed by atoms with van der Waals surface area (Å²) in [5.74, 6) is -0.370. The van der Waals surface area contributed by atoms with Crippen LogP contribution in [0.5, 0.6) is 0 Å². The maximum absolute atomic E-state index is 13.7. The number of aromatic nitrogens is 1. The van der Waals surface area contributed by atoms with Gasteiger partial charge in [-0.2, -0.15) is 0 Å². The number of hydrogen-bond acceptors (Lipinski definition) is 4. The zero-order valence-electron chi connectivity index (χ0n) is 19.0. The summed E-state index contributed by atoms with van der Waals surface area (Å²) in [5, 5.41) is 0.0102. The first-order valence-electron chi connectivity index (χ1n) is 11.5. The number of allylic oxidation sites excluding steroid dienone is 1. The molecule has 0 aliphatic carbocycles. The molecule has 2 aliphatic heterocycles. The molecule has 2 fully saturated rings. The summed E-state index contributed by atoms with van der Waals surface area (Å²) in [6, 6.07) is 24.8. The molecule has 1 amide bonds. The zero-order chi connectivity index (χ0) is 23.5. The number of nitrogens with zero attached hydrogens (tertiary/aromatic N) is 2. The SMILES string of the molecule is C[C@@]1(C=CC[n+]2ccccc2)S[C@@H]2CC(=O)N2[C@H]1C(=O)OC(c1ccccc1)c1ccccc1. The van der Waals surface area contributed by atoms with Gasteiger partial charge in [0.05, 0.1) is 16.5 Å². The first-order chi connectivity index (χ1) is 16.5. The minimum Gasteiger partial charge on any atom is -0.451 e. The van der Waals surface area contributed by atoms with Gasteiger partial charge >= 0.3 is 5.97 Å². The fourth-order valence-corrected chi connectivity index (χ4v) is 6.33. The van der Waals surface area contributed by atoms with Gasteiger partial charge in [0.25, 0.3) is 0 Å². The summed E-state index contributed by atoms with van der Waals surface area (Å²) in [5.41, 5.74) is 1.80. The van der Waals surface area contributed by atoms with Crippen molar-refractivity contribution in [2.45, 2.75) is 42.2 Å². The highest BCUT2D eigenvalue weighted by molar-refractivity contribution is 8.01. The van der Waals surface area contributed by atoms with Crippen molar-refractivity contribution in [2.24, 2.45) is 0 Å². The average molecular weight is 472 g/mol. The summed E-state index contributed by atoms with van der Waals surface area (Å²) in [6.07, 6.45) is 8.06. The highest BCUT2D eigenvalue weighted by Crippen LogP contribution is 2.52. The van der Waals surface area contributed by atoms with Crippen LogP contribution in [0, 0.1) is 0 Å². The number of ether oxygens (including phenoxy) is 1. The minimum atomic E-state index is -0.671. The summed E-state index contributed by atoms with van der Waals surface area (Å²) < 4.78 is 7.68. The van der Waals surface area contributed by atoms with Crippen LogP contribution < -0.4 is 4.57 Å². The molecule has 34 heavy (non-hydrogen) atoms. The fourth-order valence-electron chi connectivity index (χ4n) is 4.65. The third kappa shape index (κ3) is 4.38. The first kappa shape index (κ1) is 22.4. The van der Waals surface area contributed by atoms with Gasteiger partial charge in [-0.15, -0.1) is 11.8 Å². The number of pyridine rings is 1. The first-order valence-corrected chi connectivity index (χ1v) is 12.3. The highest BCUT2D eigenvalue weighted by atomic mass is 32.2. The molecule has 0 radical (unpaired) electrons. The molecule has 5 rings (SSSR count). The number of carbonyl (C=O) groups excluding carboxylic acids is 2. The monoisotopic (exact) mass is 471 g/mol. The molecule has 6 heteroatoms. The Morgan fingerprint density at radius 2 is 1.65 bits per heavy atom. The van der Waals surface area contributed by atoms with E-state index in [0.717, 1.165) is 11.1 Å². The van der Waals surface area contributed by atoms with E-state index in [0.29, 0.717) is 13.0 Å². The quantitative estimate of drug-likeness (QED) is 0.223. The van der Waals surface area contributed by atoms with Gasteiger partial charge in [-0.3, -0.25) is 4.79 Å². The molecule has 1 aromatic heterocycles. The van der Waals surface area contributed by atoms with Crippen LogP contribution in [0.25, 0.3) is 0 Å². The fraction of sp³-hybridized carbons (Fsp3) is 0.250. The Labute approximate surface area is 204 Å². The van der Waals surface area contributed by atoms with E-state index in [2.05, 4.69) is 16.7 Å². The van der Waals surface area contributed by atoms with Crippen LogP contribution in [0.1, 0.15) is 30.6 Å². The summed E-state index contributed by atoms with van der Waals surface area (Å²) in [7, 11) is 0. The van der Waals surface area contributed by atoms with Gasteiger partial charge in [-0.05, 0) is 24.1 Å². The Morgan fingerprint density at radius 3 is 2.24 bits per heavy atom. The third-order valence-corrected chi connectivity index (χ3v) is 7.90. The largest absolute Gasteiger partial charge is 0.451 e. The van der Waals surface area contributed by atoms with Gasteiger partial charge in [-0.25, -0.2) is 9.36 Å². The van der Waals surface area contributed by atoms with E-state index in [1.807, 2.05) is 98.2 Å². The molecular formula is C28H27N2O3S+. The molecule has 2 saturated heterocycles. The molecule has 3 heterocycles. The molecule has 3 atom stereocenters. The van der Waals surface area contributed by atoms with Gasteiger partial charge < -0.3 is 9.64 Å². The molecule has 3 aromatic rings. The molecule has 2 aromatic carbocycles. The van der Waals surface area contributed by atoms with Crippen molar-refractivity contribution in [2.75, 3.05) is 0 Å². The molecule has 2 aliphatic rings. The standard InChI is InChI=1S/C28H27N2O3S/c1-28(16-11-19-29-17-9-4-10-18-29)26(30-23(31)20-24(30)34-28)27(32)33-25(21-12-5-2-6-13-21)22-14-7-3-8-15-22/h2-18,24-26H,19-20H2,1H3/q+1/t24-,26+,28+/m1/s1. The van der Waals surface area contributed by atoms with Crippen molar-refractivity contribution < 1.29 is 18.9 Å². The topological polar surface area (TPSA) is 50.5 Å². The number of hydrogen-bond donors (Lipinski definition) is 0. The molecule has 0 N–H and O–H groups in total. The van der Waals surface area contributed by atoms with Crippen molar-refractivity contribution in [3.63, 3.8) is 0 Å². The Morgan fingerprint density at radius 1 is 1.06 bits per heavy atom. The van der Waals surface area contributed by atoms with E-state index < -0.39 is 16.9 Å². The molecule has 0 spiro atoms. The van der Waals surface area contributed by atoms with E-state index in [1.165, 1.54) is 0 Å². The predicted molar refractivity (Wildman–Crippen MR) is 132 cm³/mol. The second-order valence-corrected chi connectivity index (χ2v) is 10.4. The summed E-state index contributed by atoms with van der Waals surface area (Å²) in [6.45, 7) is 2.72. The molecule has 0 saturated carbocycles. The third-order valence-electron chi connectivity index (χ3n) is 6.36. The van der Waals surface area contributed by atoms with Crippen molar-refractivity contribution in [3.05, 3.63) is 115 Å². The summed E-state index contributed by atoms with van der Waals surface area (Å²) >= 11 is 1.66. The molecule has 172 valence electrons. The van der Waals surface area contributed by atoms with E-state index in [9.17, 15) is 9.59 Å². The van der Waals surface area contributed by atoms with Crippen LogP contribution in [-0.4, -0.2) is 32.9 Å². The zero-order valence-corrected chi connectivity index (χ0v) is 19.8. The maximum Gasteiger partial charge on any atom is 0.331 e. The maximum atomic E-state index is 13.7. The highest BCUT2D eigenvalue weighted by Gasteiger charge is 2.60. The lowest BCUT2D eigenvalue weighted by molar-refractivity contribution is -0.687. The normalized spacial score (nSPS) is 23.7. The van der Waals surface area contributed by atoms with E-state index in [1.54, 1.807) is 16.7 Å². The van der Waals surface area contributed by atoms with Gasteiger partial charge in [0, 0.05) is 12.1 Å². The Hall–Kier alpha value is -3.38. The number of amides is 1. The number of β-lactam (4-membered cyclic amide) rings is 1. The second-order valence-electron chi connectivity index (χ2n) is 8.78. The number of fused-ring (bicyclic) bond motifs is 1. The Balaban J connectivity index is 1.42. The van der Waals surface area contributed by atoms with Crippen molar-refractivity contribution in [1.82, 2.24) is 4.90 Å². The van der Waals surface area contributed by atoms with Gasteiger partial charge in [0.1, 0.15) is 6.04 Å². The van der Waals surface area contributed by atoms with Crippen LogP contribution in [0.2, 0.25) is 0 Å². The number of rotatable bonds is 7. The van der Waals surface area contributed by atoms with Crippen LogP contribution >= 0.6 is 11.8 Å². The van der Waals surface area contributed by atoms with Crippen molar-refractivity contribution in [1.29, 1.82) is 0 Å². The van der Waals surface area contributed by atoms with Crippen LogP contribution in [0.3, 0.4) is 0 Å². The lowest BCUT2D eigenvalue weighted by atomic mass is 9.95. The van der Waals surface area contributed by atoms with Crippen LogP contribution in [0.4, 0.5) is 0 Å². The second kappa shape index (κ2) is 9.47. The van der Waals surface area contributed by atoms with Gasteiger partial charge in [0.2, 0.25) is 5.91 Å². The van der Waals surface area contributed by atoms with Crippen molar-refractivity contribution in [3.8, 4) is 0 Å². The molecule has 0 bridgehead atoms.